The number of H-pyrrole nitrogens is 1. The summed E-state index contributed by atoms with van der Waals surface area (Å²) in [5, 5.41) is 10.0. The summed E-state index contributed by atoms with van der Waals surface area (Å²) in [6, 6.07) is 14.2. The molecule has 0 aliphatic heterocycles. The number of carbonyl (C=O) groups is 2. The normalized spacial score (nSPS) is 10.6. The predicted octanol–water partition coefficient (Wildman–Crippen LogP) is 2.37. The van der Waals surface area contributed by atoms with E-state index < -0.39 is 18.5 Å². The fraction of sp³-hybridized carbons (Fsp3) is 0.158. The fourth-order valence-corrected chi connectivity index (χ4v) is 3.13. The Hall–Kier alpha value is -3.13. The van der Waals surface area contributed by atoms with Gasteiger partial charge in [0.15, 0.2) is 6.61 Å². The SMILES string of the molecule is CSc1ccccc1NC(=O)COC(=O)Cc1n[nH]c(=O)c2ccccc12. The van der Waals surface area contributed by atoms with Crippen molar-refractivity contribution in [1.29, 1.82) is 0 Å². The van der Waals surface area contributed by atoms with Gasteiger partial charge in [-0.05, 0) is 24.5 Å². The second kappa shape index (κ2) is 8.50. The second-order valence-corrected chi connectivity index (χ2v) is 6.48. The van der Waals surface area contributed by atoms with Crippen LogP contribution in [0.25, 0.3) is 10.8 Å². The van der Waals surface area contributed by atoms with Crippen LogP contribution in [0.15, 0.2) is 58.2 Å². The quantitative estimate of drug-likeness (QED) is 0.501. The minimum absolute atomic E-state index is 0.147. The smallest absolute Gasteiger partial charge is 0.312 e. The minimum Gasteiger partial charge on any atom is -0.455 e. The number of aromatic nitrogens is 2. The summed E-state index contributed by atoms with van der Waals surface area (Å²) in [6.45, 7) is -0.400. The van der Waals surface area contributed by atoms with Crippen molar-refractivity contribution in [2.75, 3.05) is 18.2 Å². The highest BCUT2D eigenvalue weighted by Gasteiger charge is 2.14. The molecule has 1 heterocycles. The molecule has 0 spiro atoms. The van der Waals surface area contributed by atoms with Gasteiger partial charge in [-0.2, -0.15) is 5.10 Å². The molecular weight excluding hydrogens is 366 g/mol. The number of nitrogens with one attached hydrogen (secondary N) is 2. The Kier molecular flexibility index (Phi) is 5.87. The van der Waals surface area contributed by atoms with E-state index >= 15 is 0 Å². The largest absolute Gasteiger partial charge is 0.455 e. The van der Waals surface area contributed by atoms with Gasteiger partial charge < -0.3 is 10.1 Å². The molecule has 1 aromatic heterocycles. The zero-order chi connectivity index (χ0) is 19.2. The molecular formula is C19H17N3O4S. The van der Waals surface area contributed by atoms with Crippen LogP contribution in [0, 0.1) is 0 Å². The summed E-state index contributed by atoms with van der Waals surface area (Å²) in [6.07, 6.45) is 1.76. The van der Waals surface area contributed by atoms with Crippen LogP contribution in [0.2, 0.25) is 0 Å². The molecule has 2 N–H and O–H groups in total. The zero-order valence-corrected chi connectivity index (χ0v) is 15.3. The van der Waals surface area contributed by atoms with Crippen molar-refractivity contribution in [1.82, 2.24) is 10.2 Å². The molecule has 1 amide bonds. The first-order chi connectivity index (χ1) is 13.1. The van der Waals surface area contributed by atoms with E-state index in [0.29, 0.717) is 22.2 Å². The molecule has 2 aromatic carbocycles. The van der Waals surface area contributed by atoms with Crippen LogP contribution in [0.1, 0.15) is 5.69 Å². The molecule has 3 aromatic rings. The van der Waals surface area contributed by atoms with E-state index in [1.807, 2.05) is 24.5 Å². The third-order valence-corrected chi connectivity index (χ3v) is 4.63. The van der Waals surface area contributed by atoms with Crippen LogP contribution in [0.3, 0.4) is 0 Å². The number of hydrogen-bond acceptors (Lipinski definition) is 6. The van der Waals surface area contributed by atoms with E-state index in [4.69, 9.17) is 4.74 Å². The molecule has 0 saturated heterocycles. The van der Waals surface area contributed by atoms with E-state index in [1.165, 1.54) is 11.8 Å². The monoisotopic (exact) mass is 383 g/mol. The maximum absolute atomic E-state index is 12.1. The van der Waals surface area contributed by atoms with Gasteiger partial charge in [0, 0.05) is 10.3 Å². The Balaban J connectivity index is 1.61. The summed E-state index contributed by atoms with van der Waals surface area (Å²) in [5.74, 6) is -1.03. The molecule has 0 aliphatic rings. The lowest BCUT2D eigenvalue weighted by atomic mass is 10.1. The highest BCUT2D eigenvalue weighted by atomic mass is 32.2. The lowest BCUT2D eigenvalue weighted by molar-refractivity contribution is -0.146. The Morgan fingerprint density at radius 3 is 2.59 bits per heavy atom. The summed E-state index contributed by atoms with van der Waals surface area (Å²) < 4.78 is 5.04. The third-order valence-electron chi connectivity index (χ3n) is 3.83. The van der Waals surface area contributed by atoms with Crippen molar-refractivity contribution in [3.8, 4) is 0 Å². The molecule has 8 heteroatoms. The maximum Gasteiger partial charge on any atom is 0.312 e. The highest BCUT2D eigenvalue weighted by Crippen LogP contribution is 2.24. The molecule has 7 nitrogen and oxygen atoms in total. The summed E-state index contributed by atoms with van der Waals surface area (Å²) in [4.78, 5) is 36.8. The third kappa shape index (κ3) is 4.53. The minimum atomic E-state index is -0.604. The van der Waals surface area contributed by atoms with E-state index in [-0.39, 0.29) is 12.0 Å². The van der Waals surface area contributed by atoms with Crippen LogP contribution in [-0.4, -0.2) is 34.9 Å². The maximum atomic E-state index is 12.1. The van der Waals surface area contributed by atoms with Gasteiger partial charge in [0.1, 0.15) is 0 Å². The van der Waals surface area contributed by atoms with Gasteiger partial charge in [0.05, 0.1) is 23.2 Å². The van der Waals surface area contributed by atoms with E-state index in [1.54, 1.807) is 30.3 Å². The van der Waals surface area contributed by atoms with E-state index in [9.17, 15) is 14.4 Å². The van der Waals surface area contributed by atoms with Crippen LogP contribution >= 0.6 is 11.8 Å². The van der Waals surface area contributed by atoms with Crippen molar-refractivity contribution >= 4 is 40.1 Å². The molecule has 138 valence electrons. The van der Waals surface area contributed by atoms with Gasteiger partial charge in [-0.1, -0.05) is 30.3 Å². The van der Waals surface area contributed by atoms with Crippen molar-refractivity contribution in [3.05, 3.63) is 64.6 Å². The Bertz CT molecular complexity index is 1050. The Morgan fingerprint density at radius 2 is 1.81 bits per heavy atom. The molecule has 0 unspecified atom stereocenters. The first-order valence-electron chi connectivity index (χ1n) is 8.13. The fourth-order valence-electron chi connectivity index (χ4n) is 2.57. The number of aromatic amines is 1. The standard InChI is InChI=1S/C19H17N3O4S/c1-27-16-9-5-4-8-14(16)20-17(23)11-26-18(24)10-15-12-6-2-3-7-13(12)19(25)22-21-15/h2-9H,10-11H2,1H3,(H,20,23)(H,22,25). The number of rotatable bonds is 6. The van der Waals surface area contributed by atoms with Gasteiger partial charge in [0.25, 0.3) is 11.5 Å². The lowest BCUT2D eigenvalue weighted by Gasteiger charge is -2.10. The average molecular weight is 383 g/mol. The summed E-state index contributed by atoms with van der Waals surface area (Å²) in [5.41, 5.74) is 0.734. The molecule has 3 rings (SSSR count). The number of esters is 1. The highest BCUT2D eigenvalue weighted by molar-refractivity contribution is 7.98. The topological polar surface area (TPSA) is 101 Å². The number of nitrogens with zero attached hydrogens (tertiary/aromatic N) is 1. The molecule has 27 heavy (non-hydrogen) atoms. The molecule has 0 radical (unpaired) electrons. The van der Waals surface area contributed by atoms with Crippen molar-refractivity contribution in [2.45, 2.75) is 11.3 Å². The van der Waals surface area contributed by atoms with Crippen molar-refractivity contribution in [2.24, 2.45) is 0 Å². The number of carbonyl (C=O) groups excluding carboxylic acids is 2. The van der Waals surface area contributed by atoms with Gasteiger partial charge >= 0.3 is 5.97 Å². The number of ether oxygens (including phenoxy) is 1. The predicted molar refractivity (Wildman–Crippen MR) is 104 cm³/mol. The van der Waals surface area contributed by atoms with Crippen LogP contribution in [0.5, 0.6) is 0 Å². The Morgan fingerprint density at radius 1 is 1.11 bits per heavy atom. The van der Waals surface area contributed by atoms with E-state index in [0.717, 1.165) is 4.90 Å². The van der Waals surface area contributed by atoms with Gasteiger partial charge in [-0.25, -0.2) is 5.10 Å². The molecule has 0 saturated carbocycles. The van der Waals surface area contributed by atoms with Gasteiger partial charge in [-0.15, -0.1) is 11.8 Å². The van der Waals surface area contributed by atoms with Crippen LogP contribution < -0.4 is 10.9 Å². The summed E-state index contributed by atoms with van der Waals surface area (Å²) >= 11 is 1.51. The molecule has 0 aliphatic carbocycles. The van der Waals surface area contributed by atoms with Crippen LogP contribution in [0.4, 0.5) is 5.69 Å². The van der Waals surface area contributed by atoms with Crippen molar-refractivity contribution < 1.29 is 14.3 Å². The first kappa shape index (κ1) is 18.7. The second-order valence-electron chi connectivity index (χ2n) is 5.63. The number of fused-ring (bicyclic) bond motifs is 1. The van der Waals surface area contributed by atoms with Crippen molar-refractivity contribution in [3.63, 3.8) is 0 Å². The summed E-state index contributed by atoms with van der Waals surface area (Å²) in [7, 11) is 0. The van der Waals surface area contributed by atoms with E-state index in [2.05, 4.69) is 15.5 Å². The number of benzene rings is 2. The molecule has 0 bridgehead atoms. The number of anilines is 1. The Labute approximate surface area is 159 Å². The lowest BCUT2D eigenvalue weighted by Crippen LogP contribution is -2.22. The van der Waals surface area contributed by atoms with Gasteiger partial charge in [0.2, 0.25) is 0 Å². The number of amides is 1. The average Bonchev–Trinajstić information content (AvgIpc) is 2.69. The molecule has 0 atom stereocenters. The first-order valence-corrected chi connectivity index (χ1v) is 9.35. The number of hydrogen-bond donors (Lipinski definition) is 2. The zero-order valence-electron chi connectivity index (χ0n) is 14.5. The number of thioether (sulfide) groups is 1. The molecule has 0 fully saturated rings. The number of para-hydroxylation sites is 1. The van der Waals surface area contributed by atoms with Crippen LogP contribution in [-0.2, 0) is 20.7 Å². The van der Waals surface area contributed by atoms with Gasteiger partial charge in [-0.3, -0.25) is 14.4 Å².